The first-order valence-corrected chi connectivity index (χ1v) is 5.91. The quantitative estimate of drug-likeness (QED) is 0.790. The molecule has 0 amide bonds. The van der Waals surface area contributed by atoms with Crippen LogP contribution in [0.3, 0.4) is 0 Å². The summed E-state index contributed by atoms with van der Waals surface area (Å²) in [4.78, 5) is 2.30. The van der Waals surface area contributed by atoms with Gasteiger partial charge in [0.1, 0.15) is 0 Å². The third-order valence-corrected chi connectivity index (χ3v) is 2.99. The van der Waals surface area contributed by atoms with E-state index in [1.165, 1.54) is 12.8 Å². The van der Waals surface area contributed by atoms with Crippen molar-refractivity contribution in [3.05, 3.63) is 0 Å². The van der Waals surface area contributed by atoms with Crippen molar-refractivity contribution in [2.75, 3.05) is 18.0 Å². The predicted octanol–water partition coefficient (Wildman–Crippen LogP) is 0.177. The van der Waals surface area contributed by atoms with Gasteiger partial charge in [0.25, 0.3) is 0 Å². The Morgan fingerprint density at radius 2 is 2.31 bits per heavy atom. The van der Waals surface area contributed by atoms with Crippen LogP contribution < -0.4 is 10.2 Å². The van der Waals surface area contributed by atoms with Crippen molar-refractivity contribution in [2.24, 2.45) is 7.05 Å². The average Bonchev–Trinajstić information content (AvgIpc) is 2.82. The van der Waals surface area contributed by atoms with Gasteiger partial charge in [-0.15, -0.1) is 0 Å². The summed E-state index contributed by atoms with van der Waals surface area (Å²) >= 11 is 0. The summed E-state index contributed by atoms with van der Waals surface area (Å²) in [6.07, 6.45) is 2.43. The van der Waals surface area contributed by atoms with Gasteiger partial charge in [0.15, 0.2) is 0 Å². The van der Waals surface area contributed by atoms with Gasteiger partial charge in [-0.25, -0.2) is 4.68 Å². The molecule has 1 atom stereocenters. The molecule has 0 spiro atoms. The molecule has 0 bridgehead atoms. The highest BCUT2D eigenvalue weighted by Gasteiger charge is 2.27. The predicted molar refractivity (Wildman–Crippen MR) is 62.3 cm³/mol. The first-order chi connectivity index (χ1) is 7.68. The van der Waals surface area contributed by atoms with Gasteiger partial charge in [0, 0.05) is 32.2 Å². The lowest BCUT2D eigenvalue weighted by Gasteiger charge is -2.25. The molecule has 2 heterocycles. The zero-order chi connectivity index (χ0) is 11.5. The van der Waals surface area contributed by atoms with Crippen LogP contribution in [0.1, 0.15) is 26.7 Å². The van der Waals surface area contributed by atoms with Crippen molar-refractivity contribution in [3.63, 3.8) is 0 Å². The molecule has 1 saturated heterocycles. The van der Waals surface area contributed by atoms with Crippen molar-refractivity contribution in [1.29, 1.82) is 0 Å². The molecular weight excluding hydrogens is 204 g/mol. The van der Waals surface area contributed by atoms with Gasteiger partial charge in [-0.3, -0.25) is 0 Å². The Morgan fingerprint density at radius 1 is 1.50 bits per heavy atom. The lowest BCUT2D eigenvalue weighted by molar-refractivity contribution is 0.517. The second-order valence-corrected chi connectivity index (χ2v) is 4.65. The molecule has 0 aromatic carbocycles. The first-order valence-electron chi connectivity index (χ1n) is 5.91. The number of hydrogen-bond donors (Lipinski definition) is 1. The van der Waals surface area contributed by atoms with E-state index in [2.05, 4.69) is 39.6 Å². The Kier molecular flexibility index (Phi) is 3.38. The van der Waals surface area contributed by atoms with Crippen LogP contribution in [-0.4, -0.2) is 45.4 Å². The molecule has 16 heavy (non-hydrogen) atoms. The maximum Gasteiger partial charge on any atom is 0.245 e. The zero-order valence-electron chi connectivity index (χ0n) is 10.2. The van der Waals surface area contributed by atoms with E-state index < -0.39 is 0 Å². The molecule has 1 aromatic heterocycles. The maximum atomic E-state index is 4.08. The van der Waals surface area contributed by atoms with Gasteiger partial charge < -0.3 is 10.2 Å². The van der Waals surface area contributed by atoms with Crippen molar-refractivity contribution in [1.82, 2.24) is 25.5 Å². The standard InChI is InChI=1S/C10H20N6/c1-8(2)11-7-9-5-4-6-16(9)10-12-13-14-15(10)3/h8-9,11H,4-7H2,1-3H3. The fourth-order valence-electron chi connectivity index (χ4n) is 2.15. The molecule has 90 valence electrons. The lowest BCUT2D eigenvalue weighted by Crippen LogP contribution is -2.41. The fourth-order valence-corrected chi connectivity index (χ4v) is 2.15. The Labute approximate surface area is 96.0 Å². The van der Waals surface area contributed by atoms with Crippen LogP contribution in [0.25, 0.3) is 0 Å². The summed E-state index contributed by atoms with van der Waals surface area (Å²) < 4.78 is 1.74. The summed E-state index contributed by atoms with van der Waals surface area (Å²) in [5.41, 5.74) is 0. The molecular formula is C10H20N6. The highest BCUT2D eigenvalue weighted by molar-refractivity contribution is 5.32. The van der Waals surface area contributed by atoms with Crippen LogP contribution in [0.15, 0.2) is 0 Å². The number of rotatable bonds is 4. The van der Waals surface area contributed by atoms with Crippen LogP contribution in [0.4, 0.5) is 5.95 Å². The van der Waals surface area contributed by atoms with E-state index in [-0.39, 0.29) is 0 Å². The van der Waals surface area contributed by atoms with Gasteiger partial charge in [0.2, 0.25) is 5.95 Å². The Balaban J connectivity index is 2.01. The van der Waals surface area contributed by atoms with Gasteiger partial charge in [-0.1, -0.05) is 18.9 Å². The molecule has 6 heteroatoms. The van der Waals surface area contributed by atoms with Crippen LogP contribution in [0.2, 0.25) is 0 Å². The number of tetrazole rings is 1. The van der Waals surface area contributed by atoms with Crippen molar-refractivity contribution in [3.8, 4) is 0 Å². The molecule has 0 saturated carbocycles. The van der Waals surface area contributed by atoms with Gasteiger partial charge in [-0.05, 0) is 23.3 Å². The lowest BCUT2D eigenvalue weighted by atomic mass is 10.2. The molecule has 2 rings (SSSR count). The minimum absolute atomic E-state index is 0.520. The monoisotopic (exact) mass is 224 g/mol. The molecule has 1 aliphatic rings. The van der Waals surface area contributed by atoms with Crippen molar-refractivity contribution in [2.45, 2.75) is 38.8 Å². The summed E-state index contributed by atoms with van der Waals surface area (Å²) in [5.74, 6) is 0.882. The largest absolute Gasteiger partial charge is 0.335 e. The molecule has 1 aliphatic heterocycles. The van der Waals surface area contributed by atoms with E-state index in [0.29, 0.717) is 12.1 Å². The Bertz CT molecular complexity index is 334. The van der Waals surface area contributed by atoms with E-state index in [1.54, 1.807) is 4.68 Å². The van der Waals surface area contributed by atoms with Gasteiger partial charge in [0.05, 0.1) is 0 Å². The number of aromatic nitrogens is 4. The topological polar surface area (TPSA) is 58.9 Å². The zero-order valence-corrected chi connectivity index (χ0v) is 10.2. The highest BCUT2D eigenvalue weighted by Crippen LogP contribution is 2.21. The van der Waals surface area contributed by atoms with E-state index in [0.717, 1.165) is 19.0 Å². The van der Waals surface area contributed by atoms with Gasteiger partial charge in [-0.2, -0.15) is 0 Å². The average molecular weight is 224 g/mol. The summed E-state index contributed by atoms with van der Waals surface area (Å²) in [7, 11) is 1.89. The second-order valence-electron chi connectivity index (χ2n) is 4.65. The summed E-state index contributed by atoms with van der Waals surface area (Å²) in [6.45, 7) is 6.40. The number of nitrogens with one attached hydrogen (secondary N) is 1. The fraction of sp³-hybridized carbons (Fsp3) is 0.900. The SMILES string of the molecule is CC(C)NCC1CCCN1c1nnnn1C. The molecule has 0 aliphatic carbocycles. The molecule has 1 aromatic rings. The number of hydrogen-bond acceptors (Lipinski definition) is 5. The maximum absolute atomic E-state index is 4.08. The van der Waals surface area contributed by atoms with E-state index in [1.807, 2.05) is 7.05 Å². The van der Waals surface area contributed by atoms with Gasteiger partial charge >= 0.3 is 0 Å². The number of anilines is 1. The highest BCUT2D eigenvalue weighted by atomic mass is 15.6. The first kappa shape index (κ1) is 11.3. The Hall–Kier alpha value is -1.17. The third kappa shape index (κ3) is 2.32. The van der Waals surface area contributed by atoms with Crippen molar-refractivity contribution >= 4 is 5.95 Å². The van der Waals surface area contributed by atoms with Crippen molar-refractivity contribution < 1.29 is 0 Å². The minimum Gasteiger partial charge on any atom is -0.335 e. The summed E-state index contributed by atoms with van der Waals surface area (Å²) in [5, 5.41) is 15.1. The van der Waals surface area contributed by atoms with Crippen LogP contribution in [0.5, 0.6) is 0 Å². The molecule has 6 nitrogen and oxygen atoms in total. The van der Waals surface area contributed by atoms with Crippen LogP contribution in [0, 0.1) is 0 Å². The van der Waals surface area contributed by atoms with E-state index in [4.69, 9.17) is 0 Å². The Morgan fingerprint density at radius 3 is 2.94 bits per heavy atom. The summed E-state index contributed by atoms with van der Waals surface area (Å²) in [6, 6.07) is 1.05. The molecule has 1 fully saturated rings. The minimum atomic E-state index is 0.520. The third-order valence-electron chi connectivity index (χ3n) is 2.99. The molecule has 1 N–H and O–H groups in total. The van der Waals surface area contributed by atoms with Crippen LogP contribution in [-0.2, 0) is 7.05 Å². The normalized spacial score (nSPS) is 21.0. The number of aryl methyl sites for hydroxylation is 1. The number of nitrogens with zero attached hydrogens (tertiary/aromatic N) is 5. The van der Waals surface area contributed by atoms with E-state index in [9.17, 15) is 0 Å². The smallest absolute Gasteiger partial charge is 0.245 e. The second kappa shape index (κ2) is 4.78. The van der Waals surface area contributed by atoms with E-state index >= 15 is 0 Å². The molecule has 1 unspecified atom stereocenters. The molecule has 0 radical (unpaired) electrons. The van der Waals surface area contributed by atoms with Crippen LogP contribution >= 0.6 is 0 Å².